The molecule has 0 unspecified atom stereocenters. The minimum Gasteiger partial charge on any atom is -0.365 e. The van der Waals surface area contributed by atoms with Crippen molar-refractivity contribution in [2.24, 2.45) is 5.73 Å². The Morgan fingerprint density at radius 2 is 2.16 bits per heavy atom. The first kappa shape index (κ1) is 20.1. The van der Waals surface area contributed by atoms with E-state index in [2.05, 4.69) is 29.5 Å². The number of carbonyl (C=O) groups excluding carboxylic acids is 1. The zero-order chi connectivity index (χ0) is 18.4. The molecule has 0 aromatic carbocycles. The lowest BCUT2D eigenvalue weighted by Gasteiger charge is -2.28. The lowest BCUT2D eigenvalue weighted by molar-refractivity contribution is 0.100. The van der Waals surface area contributed by atoms with E-state index in [1.807, 2.05) is 11.4 Å². The van der Waals surface area contributed by atoms with Gasteiger partial charge in [-0.1, -0.05) is 13.0 Å². The first-order valence-electron chi connectivity index (χ1n) is 7.98. The molecular formula is C16H23N3O3S3. The van der Waals surface area contributed by atoms with E-state index < -0.39 is 15.9 Å². The molecule has 2 heterocycles. The van der Waals surface area contributed by atoms with Crippen molar-refractivity contribution in [2.75, 3.05) is 13.1 Å². The number of amides is 1. The zero-order valence-corrected chi connectivity index (χ0v) is 16.7. The lowest BCUT2D eigenvalue weighted by atomic mass is 10.2. The molecule has 0 saturated carbocycles. The number of primary amides is 1. The van der Waals surface area contributed by atoms with Gasteiger partial charge in [-0.3, -0.25) is 9.69 Å². The van der Waals surface area contributed by atoms with Crippen LogP contribution in [0.1, 0.15) is 34.8 Å². The van der Waals surface area contributed by atoms with Crippen LogP contribution in [0.2, 0.25) is 0 Å². The van der Waals surface area contributed by atoms with E-state index in [9.17, 15) is 13.2 Å². The summed E-state index contributed by atoms with van der Waals surface area (Å²) in [5, 5.41) is 3.47. The van der Waals surface area contributed by atoms with E-state index in [1.165, 1.54) is 16.3 Å². The maximum absolute atomic E-state index is 12.3. The normalized spacial score (nSPS) is 13.2. The SMILES string of the molecule is CC[C@@H](C)N(CCNS(=O)(=O)c1csc(C(N)=O)c1)Cc1cccs1. The number of nitrogens with one attached hydrogen (secondary N) is 1. The molecule has 0 aliphatic rings. The van der Waals surface area contributed by atoms with Crippen molar-refractivity contribution in [1.29, 1.82) is 0 Å². The van der Waals surface area contributed by atoms with E-state index in [0.717, 1.165) is 24.3 Å². The molecule has 0 aliphatic carbocycles. The van der Waals surface area contributed by atoms with Crippen LogP contribution >= 0.6 is 22.7 Å². The molecular weight excluding hydrogens is 378 g/mol. The van der Waals surface area contributed by atoms with Crippen LogP contribution in [-0.2, 0) is 16.6 Å². The van der Waals surface area contributed by atoms with E-state index in [0.29, 0.717) is 19.1 Å². The summed E-state index contributed by atoms with van der Waals surface area (Å²) < 4.78 is 27.3. The van der Waals surface area contributed by atoms with Crippen LogP contribution < -0.4 is 10.5 Å². The van der Waals surface area contributed by atoms with Crippen molar-refractivity contribution in [3.05, 3.63) is 38.7 Å². The fourth-order valence-corrected chi connectivity index (χ4v) is 5.19. The summed E-state index contributed by atoms with van der Waals surface area (Å²) in [6, 6.07) is 5.77. The molecule has 1 atom stereocenters. The minimum absolute atomic E-state index is 0.0830. The van der Waals surface area contributed by atoms with Gasteiger partial charge < -0.3 is 5.73 Å². The first-order valence-corrected chi connectivity index (χ1v) is 11.2. The highest BCUT2D eigenvalue weighted by atomic mass is 32.2. The molecule has 25 heavy (non-hydrogen) atoms. The molecule has 0 aliphatic heterocycles. The summed E-state index contributed by atoms with van der Waals surface area (Å²) in [5.41, 5.74) is 5.17. The molecule has 2 aromatic heterocycles. The highest BCUT2D eigenvalue weighted by Gasteiger charge is 2.19. The van der Waals surface area contributed by atoms with Gasteiger partial charge in [-0.2, -0.15) is 0 Å². The lowest BCUT2D eigenvalue weighted by Crippen LogP contribution is -2.39. The molecule has 0 fully saturated rings. The Labute approximate surface area is 156 Å². The van der Waals surface area contributed by atoms with Crippen molar-refractivity contribution in [3.63, 3.8) is 0 Å². The largest absolute Gasteiger partial charge is 0.365 e. The van der Waals surface area contributed by atoms with Gasteiger partial charge in [0.2, 0.25) is 10.0 Å². The van der Waals surface area contributed by atoms with Crippen molar-refractivity contribution in [3.8, 4) is 0 Å². The number of rotatable bonds is 10. The van der Waals surface area contributed by atoms with Crippen LogP contribution in [0.15, 0.2) is 33.9 Å². The van der Waals surface area contributed by atoms with Gasteiger partial charge in [-0.25, -0.2) is 13.1 Å². The smallest absolute Gasteiger partial charge is 0.258 e. The molecule has 9 heteroatoms. The highest BCUT2D eigenvalue weighted by molar-refractivity contribution is 7.89. The zero-order valence-electron chi connectivity index (χ0n) is 14.3. The average Bonchev–Trinajstić information content (AvgIpc) is 3.24. The number of nitrogens with zero attached hydrogens (tertiary/aromatic N) is 1. The minimum atomic E-state index is -3.63. The predicted octanol–water partition coefficient (Wildman–Crippen LogP) is 2.49. The molecule has 0 spiro atoms. The molecule has 1 amide bonds. The van der Waals surface area contributed by atoms with E-state index in [4.69, 9.17) is 5.73 Å². The Morgan fingerprint density at radius 1 is 1.40 bits per heavy atom. The van der Waals surface area contributed by atoms with Crippen LogP contribution in [0.5, 0.6) is 0 Å². The van der Waals surface area contributed by atoms with Gasteiger partial charge in [0.15, 0.2) is 0 Å². The fraction of sp³-hybridized carbons (Fsp3) is 0.438. The number of nitrogens with two attached hydrogens (primary N) is 1. The van der Waals surface area contributed by atoms with E-state index in [-0.39, 0.29) is 9.77 Å². The van der Waals surface area contributed by atoms with Crippen molar-refractivity contribution in [1.82, 2.24) is 9.62 Å². The number of sulfonamides is 1. The van der Waals surface area contributed by atoms with Gasteiger partial charge in [0.25, 0.3) is 5.91 Å². The Bertz CT molecular complexity index is 785. The quantitative estimate of drug-likeness (QED) is 0.640. The third-order valence-electron chi connectivity index (χ3n) is 3.97. The molecule has 0 radical (unpaired) electrons. The first-order chi connectivity index (χ1) is 11.8. The standard InChI is InChI=1S/C16H23N3O3S3/c1-3-12(2)19(10-13-5-4-8-23-13)7-6-18-25(21,22)14-9-15(16(17)20)24-11-14/h4-5,8-9,11-12,18H,3,6-7,10H2,1-2H3,(H2,17,20)/t12-/m1/s1. The molecule has 138 valence electrons. The van der Waals surface area contributed by atoms with Crippen LogP contribution in [0.4, 0.5) is 0 Å². The third kappa shape index (κ3) is 5.61. The Morgan fingerprint density at radius 3 is 2.72 bits per heavy atom. The monoisotopic (exact) mass is 401 g/mol. The Balaban J connectivity index is 1.96. The molecule has 6 nitrogen and oxygen atoms in total. The van der Waals surface area contributed by atoms with Gasteiger partial charge in [-0.05, 0) is 30.9 Å². The predicted molar refractivity (Wildman–Crippen MR) is 103 cm³/mol. The molecule has 2 aromatic rings. The molecule has 3 N–H and O–H groups in total. The van der Waals surface area contributed by atoms with E-state index in [1.54, 1.807) is 11.3 Å². The summed E-state index contributed by atoms with van der Waals surface area (Å²) in [6.45, 7) is 5.98. The van der Waals surface area contributed by atoms with Gasteiger partial charge in [0.05, 0.1) is 9.77 Å². The molecule has 0 bridgehead atoms. The third-order valence-corrected chi connectivity index (χ3v) is 7.37. The summed E-state index contributed by atoms with van der Waals surface area (Å²) in [5.74, 6) is -0.620. The van der Waals surface area contributed by atoms with Gasteiger partial charge in [-0.15, -0.1) is 22.7 Å². The Kier molecular flexibility index (Phi) is 7.14. The molecule has 0 saturated heterocycles. The highest BCUT2D eigenvalue weighted by Crippen LogP contribution is 2.19. The summed E-state index contributed by atoms with van der Waals surface area (Å²) in [6.07, 6.45) is 0.991. The second-order valence-corrected chi connectivity index (χ2v) is 9.43. The van der Waals surface area contributed by atoms with Crippen molar-refractivity contribution in [2.45, 2.75) is 37.8 Å². The van der Waals surface area contributed by atoms with Gasteiger partial charge in [0, 0.05) is 35.9 Å². The number of hydrogen-bond donors (Lipinski definition) is 2. The summed E-state index contributed by atoms with van der Waals surface area (Å²) >= 11 is 2.73. The summed E-state index contributed by atoms with van der Waals surface area (Å²) in [4.78, 5) is 15.0. The Hall–Kier alpha value is -1.26. The number of thiophene rings is 2. The van der Waals surface area contributed by atoms with Crippen LogP contribution in [0.3, 0.4) is 0 Å². The average molecular weight is 402 g/mol. The second kappa shape index (κ2) is 8.91. The maximum atomic E-state index is 12.3. The van der Waals surface area contributed by atoms with E-state index >= 15 is 0 Å². The van der Waals surface area contributed by atoms with Crippen LogP contribution in [0, 0.1) is 0 Å². The summed E-state index contributed by atoms with van der Waals surface area (Å²) in [7, 11) is -3.63. The van der Waals surface area contributed by atoms with Crippen molar-refractivity contribution < 1.29 is 13.2 Å². The second-order valence-electron chi connectivity index (χ2n) is 5.72. The maximum Gasteiger partial charge on any atom is 0.258 e. The van der Waals surface area contributed by atoms with Crippen LogP contribution in [-0.4, -0.2) is 38.4 Å². The van der Waals surface area contributed by atoms with Gasteiger partial charge >= 0.3 is 0 Å². The number of carbonyl (C=O) groups is 1. The van der Waals surface area contributed by atoms with Gasteiger partial charge in [0.1, 0.15) is 0 Å². The fourth-order valence-electron chi connectivity index (χ4n) is 2.31. The van der Waals surface area contributed by atoms with Crippen molar-refractivity contribution >= 4 is 38.6 Å². The van der Waals surface area contributed by atoms with Crippen LogP contribution in [0.25, 0.3) is 0 Å². The topological polar surface area (TPSA) is 92.5 Å². The number of hydrogen-bond acceptors (Lipinski definition) is 6. The molecule has 2 rings (SSSR count).